The van der Waals surface area contributed by atoms with Gasteiger partial charge in [0.05, 0.1) is 17.8 Å². The maximum absolute atomic E-state index is 13.2. The lowest BCUT2D eigenvalue weighted by Crippen LogP contribution is -2.61. The molecular formula is C30H42N6O3. The van der Waals surface area contributed by atoms with Crippen LogP contribution in [0, 0.1) is 11.3 Å². The van der Waals surface area contributed by atoms with Crippen LogP contribution in [0.15, 0.2) is 36.5 Å². The number of hydrogen-bond donors (Lipinski definition) is 4. The van der Waals surface area contributed by atoms with Gasteiger partial charge in [-0.3, -0.25) is 24.4 Å². The number of aromatic nitrogens is 1. The van der Waals surface area contributed by atoms with Crippen molar-refractivity contribution in [3.05, 3.63) is 47.8 Å². The topological polar surface area (TPSA) is 115 Å². The molecule has 0 saturated carbocycles. The average Bonchev–Trinajstić information content (AvgIpc) is 2.90. The molecule has 3 amide bonds. The number of benzene rings is 1. The number of pyridine rings is 1. The van der Waals surface area contributed by atoms with E-state index in [2.05, 4.69) is 52.3 Å². The van der Waals surface area contributed by atoms with E-state index >= 15 is 0 Å². The summed E-state index contributed by atoms with van der Waals surface area (Å²) in [6.45, 7) is 12.9. The standard InChI is InChI=1S/C30H42N6O3/c1-18(2)26-28(38)34-20(4)29(39)36-13-7-8-25(35-36)27(37)33-19(3)21-9-10-22-16-31-24(15-23(22)14-21)11-12-30(5,6)17-32-26/h9-12,14-16,18-20,25-26,32,35H,7-8,13,17H2,1-6H3,(H,33,37)(H,34,38)/b12-11+/t19-,20+,25+,26+/m1/s1. The third-order valence-electron chi connectivity index (χ3n) is 7.56. The molecule has 9 nitrogen and oxygen atoms in total. The quantitative estimate of drug-likeness (QED) is 0.447. The minimum Gasteiger partial charge on any atom is -0.348 e. The lowest BCUT2D eigenvalue weighted by molar-refractivity contribution is -0.143. The zero-order chi connectivity index (χ0) is 28.3. The number of carbonyl (C=O) groups excluding carboxylic acids is 3. The van der Waals surface area contributed by atoms with Crippen molar-refractivity contribution in [2.24, 2.45) is 11.3 Å². The van der Waals surface area contributed by atoms with E-state index in [0.29, 0.717) is 25.9 Å². The first-order valence-corrected chi connectivity index (χ1v) is 13.9. The van der Waals surface area contributed by atoms with E-state index in [1.807, 2.05) is 51.2 Å². The summed E-state index contributed by atoms with van der Waals surface area (Å²) in [6, 6.07) is 6.22. The molecule has 39 heavy (non-hydrogen) atoms. The van der Waals surface area contributed by atoms with Crippen molar-refractivity contribution < 1.29 is 14.4 Å². The summed E-state index contributed by atoms with van der Waals surface area (Å²) in [7, 11) is 0. The predicted molar refractivity (Wildman–Crippen MR) is 153 cm³/mol. The van der Waals surface area contributed by atoms with Gasteiger partial charge in [-0.25, -0.2) is 5.43 Å². The molecule has 2 aliphatic heterocycles. The third-order valence-corrected chi connectivity index (χ3v) is 7.56. The van der Waals surface area contributed by atoms with Crippen molar-refractivity contribution in [1.82, 2.24) is 31.4 Å². The minimum atomic E-state index is -0.736. The zero-order valence-electron chi connectivity index (χ0n) is 23.9. The van der Waals surface area contributed by atoms with Gasteiger partial charge >= 0.3 is 0 Å². The molecule has 4 N–H and O–H groups in total. The van der Waals surface area contributed by atoms with Crippen LogP contribution in [0.5, 0.6) is 0 Å². The predicted octanol–water partition coefficient (Wildman–Crippen LogP) is 3.08. The molecular weight excluding hydrogens is 492 g/mol. The van der Waals surface area contributed by atoms with Gasteiger partial charge < -0.3 is 16.0 Å². The van der Waals surface area contributed by atoms with E-state index in [4.69, 9.17) is 0 Å². The highest BCUT2D eigenvalue weighted by molar-refractivity contribution is 5.90. The average molecular weight is 535 g/mol. The summed E-state index contributed by atoms with van der Waals surface area (Å²) in [4.78, 5) is 44.2. The molecule has 1 aromatic heterocycles. The minimum absolute atomic E-state index is 0.0215. The van der Waals surface area contributed by atoms with Crippen molar-refractivity contribution in [3.63, 3.8) is 0 Å². The van der Waals surface area contributed by atoms with Crippen molar-refractivity contribution in [1.29, 1.82) is 0 Å². The van der Waals surface area contributed by atoms with Gasteiger partial charge in [-0.15, -0.1) is 0 Å². The van der Waals surface area contributed by atoms with Gasteiger partial charge in [0.2, 0.25) is 11.8 Å². The van der Waals surface area contributed by atoms with E-state index in [1.54, 1.807) is 6.92 Å². The summed E-state index contributed by atoms with van der Waals surface area (Å²) in [6.07, 6.45) is 7.28. The normalized spacial score (nSPS) is 27.8. The van der Waals surface area contributed by atoms with E-state index in [0.717, 1.165) is 22.0 Å². The molecule has 2 aromatic rings. The fourth-order valence-electron chi connectivity index (χ4n) is 5.04. The van der Waals surface area contributed by atoms with Crippen LogP contribution < -0.4 is 21.4 Å². The molecule has 9 heteroatoms. The zero-order valence-corrected chi connectivity index (χ0v) is 23.9. The van der Waals surface area contributed by atoms with Crippen LogP contribution in [0.1, 0.15) is 71.7 Å². The van der Waals surface area contributed by atoms with E-state index in [9.17, 15) is 14.4 Å². The summed E-state index contributed by atoms with van der Waals surface area (Å²) in [5, 5.41) is 12.9. The Labute approximate surface area is 231 Å². The van der Waals surface area contributed by atoms with Gasteiger partial charge in [-0.1, -0.05) is 45.9 Å². The van der Waals surface area contributed by atoms with Crippen LogP contribution in [0.2, 0.25) is 0 Å². The second-order valence-corrected chi connectivity index (χ2v) is 11.9. The Hall–Kier alpha value is -3.30. The molecule has 1 saturated heterocycles. The molecule has 1 fully saturated rings. The smallest absolute Gasteiger partial charge is 0.258 e. The SMILES string of the molecule is CC(C)[C@@H]1NCC(C)(C)/C=C/c2cc3cc(ccc3cn2)[C@@H](C)NC(=O)[C@@H]2CCCN(N2)C(=O)[C@H](C)NC1=O. The summed E-state index contributed by atoms with van der Waals surface area (Å²) >= 11 is 0. The Morgan fingerprint density at radius 3 is 2.49 bits per heavy atom. The molecule has 5 bridgehead atoms. The van der Waals surface area contributed by atoms with E-state index in [1.165, 1.54) is 5.01 Å². The maximum Gasteiger partial charge on any atom is 0.258 e. The van der Waals surface area contributed by atoms with Crippen LogP contribution >= 0.6 is 0 Å². The van der Waals surface area contributed by atoms with E-state index < -0.39 is 18.1 Å². The Morgan fingerprint density at radius 2 is 1.74 bits per heavy atom. The van der Waals surface area contributed by atoms with Crippen LogP contribution in [0.3, 0.4) is 0 Å². The van der Waals surface area contributed by atoms with Crippen LogP contribution in [0.4, 0.5) is 0 Å². The summed E-state index contributed by atoms with van der Waals surface area (Å²) in [5.74, 6) is -0.619. The van der Waals surface area contributed by atoms with Crippen LogP contribution in [-0.2, 0) is 14.4 Å². The number of hydrogen-bond acceptors (Lipinski definition) is 6. The highest BCUT2D eigenvalue weighted by Crippen LogP contribution is 2.23. The number of fused-ring (bicyclic) bond motifs is 4. The molecule has 0 unspecified atom stereocenters. The molecule has 0 spiro atoms. The largest absolute Gasteiger partial charge is 0.348 e. The van der Waals surface area contributed by atoms with Crippen molar-refractivity contribution >= 4 is 34.6 Å². The highest BCUT2D eigenvalue weighted by atomic mass is 16.2. The first kappa shape index (κ1) is 28.7. The number of amides is 3. The Kier molecular flexibility index (Phi) is 8.71. The van der Waals surface area contributed by atoms with E-state index in [-0.39, 0.29) is 35.1 Å². The molecule has 4 rings (SSSR count). The van der Waals surface area contributed by atoms with Gasteiger partial charge in [0.25, 0.3) is 5.91 Å². The molecule has 4 atom stereocenters. The van der Waals surface area contributed by atoms with Crippen LogP contribution in [-0.4, -0.2) is 58.9 Å². The van der Waals surface area contributed by atoms with Gasteiger partial charge in [0.15, 0.2) is 0 Å². The monoisotopic (exact) mass is 534 g/mol. The Balaban J connectivity index is 1.67. The second-order valence-electron chi connectivity index (χ2n) is 11.9. The number of nitrogens with one attached hydrogen (secondary N) is 4. The highest BCUT2D eigenvalue weighted by Gasteiger charge is 2.33. The molecule has 3 heterocycles. The Morgan fingerprint density at radius 1 is 1.00 bits per heavy atom. The summed E-state index contributed by atoms with van der Waals surface area (Å²) < 4.78 is 0. The first-order valence-electron chi connectivity index (χ1n) is 13.9. The van der Waals surface area contributed by atoms with Crippen molar-refractivity contribution in [2.75, 3.05) is 13.1 Å². The first-order chi connectivity index (χ1) is 18.4. The fraction of sp³-hybridized carbons (Fsp3) is 0.533. The lowest BCUT2D eigenvalue weighted by Gasteiger charge is -2.35. The van der Waals surface area contributed by atoms with Crippen molar-refractivity contribution in [2.45, 2.75) is 78.6 Å². The molecule has 1 aromatic carbocycles. The van der Waals surface area contributed by atoms with Crippen LogP contribution in [0.25, 0.3) is 16.8 Å². The third kappa shape index (κ3) is 7.02. The number of carbonyl (C=O) groups is 3. The number of nitrogens with zero attached hydrogens (tertiary/aromatic N) is 2. The lowest BCUT2D eigenvalue weighted by atomic mass is 9.91. The second kappa shape index (κ2) is 11.8. The molecule has 0 aliphatic carbocycles. The van der Waals surface area contributed by atoms with Crippen molar-refractivity contribution in [3.8, 4) is 0 Å². The molecule has 2 aliphatic rings. The maximum atomic E-state index is 13.2. The molecule has 0 radical (unpaired) electrons. The number of hydrazine groups is 1. The van der Waals surface area contributed by atoms with Gasteiger partial charge in [-0.05, 0) is 67.2 Å². The Bertz CT molecular complexity index is 1260. The number of rotatable bonds is 1. The van der Waals surface area contributed by atoms with Gasteiger partial charge in [0.1, 0.15) is 12.1 Å². The van der Waals surface area contributed by atoms with Gasteiger partial charge in [0, 0.05) is 24.7 Å². The molecule has 210 valence electrons. The summed E-state index contributed by atoms with van der Waals surface area (Å²) in [5.41, 5.74) is 4.68. The van der Waals surface area contributed by atoms with Gasteiger partial charge in [-0.2, -0.15) is 0 Å². The fourth-order valence-corrected chi connectivity index (χ4v) is 5.04.